The molecule has 0 radical (unpaired) electrons. The summed E-state index contributed by atoms with van der Waals surface area (Å²) in [6, 6.07) is 19.4. The predicted octanol–water partition coefficient (Wildman–Crippen LogP) is 2.52. The second-order valence-corrected chi connectivity index (χ2v) is 5.75. The zero-order chi connectivity index (χ0) is 16.1. The number of hydrogen-bond donors (Lipinski definition) is 0. The van der Waals surface area contributed by atoms with Crippen LogP contribution in [0.3, 0.4) is 0 Å². The van der Waals surface area contributed by atoms with E-state index in [0.29, 0.717) is 11.1 Å². The van der Waals surface area contributed by atoms with Crippen LogP contribution in [0, 0.1) is 11.3 Å². The van der Waals surface area contributed by atoms with Crippen LogP contribution >= 0.6 is 0 Å². The maximum atomic E-state index is 12.5. The van der Waals surface area contributed by atoms with Crippen LogP contribution in [0.4, 0.5) is 0 Å². The summed E-state index contributed by atoms with van der Waals surface area (Å²) in [7, 11) is 0. The Bertz CT molecular complexity index is 713. The van der Waals surface area contributed by atoms with Crippen molar-refractivity contribution < 1.29 is 4.79 Å². The Morgan fingerprint density at radius 1 is 1.00 bits per heavy atom. The Labute approximate surface area is 136 Å². The molecule has 0 N–H and O–H groups in total. The predicted molar refractivity (Wildman–Crippen MR) is 88.8 cm³/mol. The van der Waals surface area contributed by atoms with Crippen LogP contribution in [0.1, 0.15) is 21.5 Å². The summed E-state index contributed by atoms with van der Waals surface area (Å²) in [6.45, 7) is 4.12. The van der Waals surface area contributed by atoms with E-state index >= 15 is 0 Å². The minimum absolute atomic E-state index is 0.0152. The third-order valence-corrected chi connectivity index (χ3v) is 4.15. The summed E-state index contributed by atoms with van der Waals surface area (Å²) < 4.78 is 0. The number of hydrogen-bond acceptors (Lipinski definition) is 3. The normalized spacial score (nSPS) is 15.2. The van der Waals surface area contributed by atoms with Gasteiger partial charge in [-0.15, -0.1) is 0 Å². The Morgan fingerprint density at radius 3 is 2.43 bits per heavy atom. The van der Waals surface area contributed by atoms with Gasteiger partial charge in [-0.05, 0) is 23.8 Å². The molecule has 0 atom stereocenters. The van der Waals surface area contributed by atoms with E-state index in [1.807, 2.05) is 11.0 Å². The van der Waals surface area contributed by atoms with Crippen molar-refractivity contribution in [1.29, 1.82) is 5.26 Å². The van der Waals surface area contributed by atoms with Gasteiger partial charge in [0.2, 0.25) is 0 Å². The lowest BCUT2D eigenvalue weighted by atomic mass is 10.1. The zero-order valence-electron chi connectivity index (χ0n) is 13.0. The summed E-state index contributed by atoms with van der Waals surface area (Å²) in [5.74, 6) is 0.0152. The second-order valence-electron chi connectivity index (χ2n) is 5.75. The van der Waals surface area contributed by atoms with Crippen molar-refractivity contribution in [1.82, 2.24) is 9.80 Å². The van der Waals surface area contributed by atoms with E-state index in [0.717, 1.165) is 32.7 Å². The molecule has 1 fully saturated rings. The number of benzene rings is 2. The number of nitrogens with zero attached hydrogens (tertiary/aromatic N) is 3. The quantitative estimate of drug-likeness (QED) is 0.875. The standard InChI is InChI=1S/C19H19N3O/c20-14-17-7-4-8-18(13-17)19(23)22-11-9-21(10-12-22)15-16-5-2-1-3-6-16/h1-8,13H,9-12,15H2. The van der Waals surface area contributed by atoms with Gasteiger partial charge in [0.15, 0.2) is 0 Å². The largest absolute Gasteiger partial charge is 0.336 e. The third kappa shape index (κ3) is 3.77. The van der Waals surface area contributed by atoms with Crippen LogP contribution in [-0.2, 0) is 6.54 Å². The smallest absolute Gasteiger partial charge is 0.253 e. The first-order valence-electron chi connectivity index (χ1n) is 7.82. The lowest BCUT2D eigenvalue weighted by molar-refractivity contribution is 0.0628. The van der Waals surface area contributed by atoms with Gasteiger partial charge in [0, 0.05) is 38.3 Å². The van der Waals surface area contributed by atoms with Gasteiger partial charge in [0.25, 0.3) is 5.91 Å². The molecule has 4 heteroatoms. The van der Waals surface area contributed by atoms with E-state index < -0.39 is 0 Å². The van der Waals surface area contributed by atoms with Crippen molar-refractivity contribution in [2.75, 3.05) is 26.2 Å². The molecule has 1 aliphatic heterocycles. The van der Waals surface area contributed by atoms with Gasteiger partial charge in [-0.25, -0.2) is 0 Å². The molecule has 2 aromatic carbocycles. The van der Waals surface area contributed by atoms with Gasteiger partial charge in [-0.3, -0.25) is 9.69 Å². The van der Waals surface area contributed by atoms with Gasteiger partial charge >= 0.3 is 0 Å². The SMILES string of the molecule is N#Cc1cccc(C(=O)N2CCN(Cc3ccccc3)CC2)c1. The minimum atomic E-state index is 0.0152. The first-order chi connectivity index (χ1) is 11.3. The molecule has 23 heavy (non-hydrogen) atoms. The monoisotopic (exact) mass is 305 g/mol. The number of carbonyl (C=O) groups excluding carboxylic acids is 1. The van der Waals surface area contributed by atoms with Crippen molar-refractivity contribution in [3.8, 4) is 6.07 Å². The summed E-state index contributed by atoms with van der Waals surface area (Å²) in [6.07, 6.45) is 0. The molecule has 116 valence electrons. The van der Waals surface area contributed by atoms with E-state index in [4.69, 9.17) is 5.26 Å². The van der Waals surface area contributed by atoms with Gasteiger partial charge < -0.3 is 4.90 Å². The minimum Gasteiger partial charge on any atom is -0.336 e. The fraction of sp³-hybridized carbons (Fsp3) is 0.263. The van der Waals surface area contributed by atoms with Crippen molar-refractivity contribution >= 4 is 5.91 Å². The molecular formula is C19H19N3O. The first-order valence-corrected chi connectivity index (χ1v) is 7.82. The number of carbonyl (C=O) groups is 1. The van der Waals surface area contributed by atoms with Gasteiger partial charge in [0.1, 0.15) is 0 Å². The second kappa shape index (κ2) is 7.08. The molecule has 2 aromatic rings. The molecular weight excluding hydrogens is 286 g/mol. The molecule has 3 rings (SSSR count). The summed E-state index contributed by atoms with van der Waals surface area (Å²) >= 11 is 0. The average molecular weight is 305 g/mol. The fourth-order valence-corrected chi connectivity index (χ4v) is 2.86. The Morgan fingerprint density at radius 2 is 1.74 bits per heavy atom. The summed E-state index contributed by atoms with van der Waals surface area (Å²) in [5.41, 5.74) is 2.42. The Balaban J connectivity index is 1.58. The molecule has 0 saturated carbocycles. The molecule has 4 nitrogen and oxygen atoms in total. The first kappa shape index (κ1) is 15.3. The van der Waals surface area contributed by atoms with E-state index in [-0.39, 0.29) is 5.91 Å². The molecule has 1 amide bonds. The van der Waals surface area contributed by atoms with Crippen LogP contribution in [0.2, 0.25) is 0 Å². The van der Waals surface area contributed by atoms with Crippen molar-refractivity contribution in [3.63, 3.8) is 0 Å². The Kier molecular flexibility index (Phi) is 4.70. The molecule has 1 saturated heterocycles. The number of piperazine rings is 1. The highest BCUT2D eigenvalue weighted by molar-refractivity contribution is 5.94. The van der Waals surface area contributed by atoms with Crippen LogP contribution in [0.15, 0.2) is 54.6 Å². The topological polar surface area (TPSA) is 47.3 Å². The molecule has 0 aliphatic carbocycles. The van der Waals surface area contributed by atoms with E-state index in [2.05, 4.69) is 35.2 Å². The molecule has 0 aromatic heterocycles. The molecule has 1 aliphatic rings. The van der Waals surface area contributed by atoms with Crippen LogP contribution in [-0.4, -0.2) is 41.9 Å². The molecule has 0 bridgehead atoms. The summed E-state index contributed by atoms with van der Waals surface area (Å²) in [4.78, 5) is 16.8. The van der Waals surface area contributed by atoms with Crippen LogP contribution < -0.4 is 0 Å². The van der Waals surface area contributed by atoms with E-state index in [1.54, 1.807) is 24.3 Å². The Hall–Kier alpha value is -2.64. The average Bonchev–Trinajstić information content (AvgIpc) is 2.63. The van der Waals surface area contributed by atoms with Crippen molar-refractivity contribution in [2.24, 2.45) is 0 Å². The van der Waals surface area contributed by atoms with Gasteiger partial charge in [-0.1, -0.05) is 36.4 Å². The number of amides is 1. The maximum absolute atomic E-state index is 12.5. The third-order valence-electron chi connectivity index (χ3n) is 4.15. The van der Waals surface area contributed by atoms with Crippen LogP contribution in [0.25, 0.3) is 0 Å². The number of rotatable bonds is 3. The highest BCUT2D eigenvalue weighted by Crippen LogP contribution is 2.12. The summed E-state index contributed by atoms with van der Waals surface area (Å²) in [5, 5.41) is 8.95. The lowest BCUT2D eigenvalue weighted by Crippen LogP contribution is -2.48. The highest BCUT2D eigenvalue weighted by Gasteiger charge is 2.22. The molecule has 0 spiro atoms. The lowest BCUT2D eigenvalue weighted by Gasteiger charge is -2.34. The number of nitriles is 1. The maximum Gasteiger partial charge on any atom is 0.253 e. The van der Waals surface area contributed by atoms with E-state index in [9.17, 15) is 4.79 Å². The zero-order valence-corrected chi connectivity index (χ0v) is 13.0. The van der Waals surface area contributed by atoms with Crippen molar-refractivity contribution in [3.05, 3.63) is 71.3 Å². The molecule has 1 heterocycles. The van der Waals surface area contributed by atoms with E-state index in [1.165, 1.54) is 5.56 Å². The van der Waals surface area contributed by atoms with Gasteiger partial charge in [0.05, 0.1) is 11.6 Å². The van der Waals surface area contributed by atoms with Crippen molar-refractivity contribution in [2.45, 2.75) is 6.54 Å². The van der Waals surface area contributed by atoms with Crippen LogP contribution in [0.5, 0.6) is 0 Å². The highest BCUT2D eigenvalue weighted by atomic mass is 16.2. The fourth-order valence-electron chi connectivity index (χ4n) is 2.86. The molecule has 0 unspecified atom stereocenters. The van der Waals surface area contributed by atoms with Gasteiger partial charge in [-0.2, -0.15) is 5.26 Å².